The third-order valence-corrected chi connectivity index (χ3v) is 3.56. The van der Waals surface area contributed by atoms with Gasteiger partial charge in [-0.05, 0) is 42.0 Å². The summed E-state index contributed by atoms with van der Waals surface area (Å²) in [4.78, 5) is 16.4. The molecule has 26 heavy (non-hydrogen) atoms. The molecule has 0 saturated heterocycles. The molecule has 0 unspecified atom stereocenters. The zero-order chi connectivity index (χ0) is 18.4. The average Bonchev–Trinajstić information content (AvgIpc) is 2.67. The molecule has 3 aromatic rings. The van der Waals surface area contributed by atoms with Crippen molar-refractivity contribution in [1.82, 2.24) is 4.98 Å². The van der Waals surface area contributed by atoms with Gasteiger partial charge in [0.2, 0.25) is 0 Å². The van der Waals surface area contributed by atoms with Gasteiger partial charge in [0.05, 0.1) is 13.3 Å². The van der Waals surface area contributed by atoms with Gasteiger partial charge in [-0.2, -0.15) is 0 Å². The summed E-state index contributed by atoms with van der Waals surface area (Å²) in [7, 11) is 1.39. The number of aromatic nitrogens is 1. The highest BCUT2D eigenvalue weighted by Crippen LogP contribution is 2.25. The van der Waals surface area contributed by atoms with Crippen LogP contribution >= 0.6 is 0 Å². The van der Waals surface area contributed by atoms with Gasteiger partial charge in [0.1, 0.15) is 23.7 Å². The van der Waals surface area contributed by atoms with Crippen molar-refractivity contribution in [2.24, 2.45) is 0 Å². The van der Waals surface area contributed by atoms with Crippen molar-refractivity contribution in [2.45, 2.75) is 6.61 Å². The van der Waals surface area contributed by atoms with Crippen LogP contribution in [0.25, 0.3) is 0 Å². The van der Waals surface area contributed by atoms with E-state index in [4.69, 9.17) is 14.2 Å². The Morgan fingerprint density at radius 2 is 1.92 bits per heavy atom. The van der Waals surface area contributed by atoms with Crippen molar-refractivity contribution in [2.75, 3.05) is 7.11 Å². The van der Waals surface area contributed by atoms with Gasteiger partial charge >= 0.3 is 5.97 Å². The van der Waals surface area contributed by atoms with Crippen LogP contribution in [0.4, 0.5) is 4.39 Å². The molecule has 0 bridgehead atoms. The molecule has 6 heteroatoms. The molecular formula is C20H16FNO4. The minimum Gasteiger partial charge on any atom is -0.494 e. The van der Waals surface area contributed by atoms with E-state index < -0.39 is 11.8 Å². The third kappa shape index (κ3) is 4.16. The monoisotopic (exact) mass is 353 g/mol. The van der Waals surface area contributed by atoms with E-state index in [0.717, 1.165) is 0 Å². The number of hydrogen-bond acceptors (Lipinski definition) is 5. The van der Waals surface area contributed by atoms with Gasteiger partial charge in [-0.25, -0.2) is 9.18 Å². The number of pyridine rings is 1. The number of para-hydroxylation sites is 1. The third-order valence-electron chi connectivity index (χ3n) is 3.56. The van der Waals surface area contributed by atoms with Crippen molar-refractivity contribution in [3.8, 4) is 17.2 Å². The molecule has 0 amide bonds. The molecule has 5 nitrogen and oxygen atoms in total. The van der Waals surface area contributed by atoms with Crippen molar-refractivity contribution in [3.63, 3.8) is 0 Å². The van der Waals surface area contributed by atoms with Gasteiger partial charge in [0.15, 0.2) is 11.6 Å². The Morgan fingerprint density at radius 1 is 1.08 bits per heavy atom. The Kier molecular flexibility index (Phi) is 5.43. The molecule has 0 aliphatic carbocycles. The number of halogens is 1. The van der Waals surface area contributed by atoms with Crippen molar-refractivity contribution in [3.05, 3.63) is 83.9 Å². The molecule has 0 atom stereocenters. The number of esters is 1. The fourth-order valence-corrected chi connectivity index (χ4v) is 2.29. The topological polar surface area (TPSA) is 57.7 Å². The quantitative estimate of drug-likeness (QED) is 0.616. The molecule has 2 aromatic carbocycles. The highest BCUT2D eigenvalue weighted by atomic mass is 19.1. The molecule has 0 aliphatic heterocycles. The van der Waals surface area contributed by atoms with Crippen molar-refractivity contribution >= 4 is 5.97 Å². The van der Waals surface area contributed by atoms with Gasteiger partial charge in [-0.1, -0.05) is 18.2 Å². The number of hydrogen-bond donors (Lipinski definition) is 0. The summed E-state index contributed by atoms with van der Waals surface area (Å²) in [5.74, 6) is -0.0891. The molecule has 1 aromatic heterocycles. The predicted octanol–water partition coefficient (Wildman–Crippen LogP) is 4.38. The molecule has 0 saturated carbocycles. The Morgan fingerprint density at radius 3 is 2.65 bits per heavy atom. The van der Waals surface area contributed by atoms with Crippen LogP contribution in [0, 0.1) is 5.82 Å². The van der Waals surface area contributed by atoms with E-state index in [1.807, 2.05) is 0 Å². The van der Waals surface area contributed by atoms with Crippen LogP contribution in [-0.4, -0.2) is 18.1 Å². The first-order chi connectivity index (χ1) is 12.7. The summed E-state index contributed by atoms with van der Waals surface area (Å²) >= 11 is 0. The molecule has 0 aliphatic rings. The Labute approximate surface area is 150 Å². The van der Waals surface area contributed by atoms with Crippen LogP contribution in [0.5, 0.6) is 17.2 Å². The highest BCUT2D eigenvalue weighted by molar-refractivity contribution is 5.92. The zero-order valence-corrected chi connectivity index (χ0v) is 14.0. The normalized spacial score (nSPS) is 10.2. The van der Waals surface area contributed by atoms with E-state index in [-0.39, 0.29) is 17.9 Å². The summed E-state index contributed by atoms with van der Waals surface area (Å²) in [5, 5.41) is 0. The van der Waals surface area contributed by atoms with Gasteiger partial charge in [-0.3, -0.25) is 4.98 Å². The number of carbonyl (C=O) groups is 1. The Balaban J connectivity index is 1.71. The second-order valence-electron chi connectivity index (χ2n) is 5.33. The SMILES string of the molecule is COc1ccc(COC(=O)c2ccccc2Oc2cccnc2)cc1F. The lowest BCUT2D eigenvalue weighted by Crippen LogP contribution is -2.07. The van der Waals surface area contributed by atoms with Gasteiger partial charge < -0.3 is 14.2 Å². The maximum Gasteiger partial charge on any atom is 0.342 e. The van der Waals surface area contributed by atoms with E-state index in [1.165, 1.54) is 19.2 Å². The number of methoxy groups -OCH3 is 1. The number of ether oxygens (including phenoxy) is 3. The number of rotatable bonds is 6. The molecule has 1 heterocycles. The van der Waals surface area contributed by atoms with Gasteiger partial charge in [0.25, 0.3) is 0 Å². The maximum absolute atomic E-state index is 13.7. The molecule has 3 rings (SSSR count). The maximum atomic E-state index is 13.7. The lowest BCUT2D eigenvalue weighted by Gasteiger charge is -2.11. The largest absolute Gasteiger partial charge is 0.494 e. The highest BCUT2D eigenvalue weighted by Gasteiger charge is 2.15. The van der Waals surface area contributed by atoms with Crippen LogP contribution in [0.3, 0.4) is 0 Å². The van der Waals surface area contributed by atoms with Gasteiger partial charge in [0, 0.05) is 6.20 Å². The van der Waals surface area contributed by atoms with E-state index >= 15 is 0 Å². The second kappa shape index (κ2) is 8.11. The molecular weight excluding hydrogens is 337 g/mol. The minimum atomic E-state index is -0.569. The summed E-state index contributed by atoms with van der Waals surface area (Å²) in [6, 6.07) is 14.6. The van der Waals surface area contributed by atoms with E-state index in [9.17, 15) is 9.18 Å². The second-order valence-corrected chi connectivity index (χ2v) is 5.33. The first-order valence-corrected chi connectivity index (χ1v) is 7.84. The van der Waals surface area contributed by atoms with Crippen molar-refractivity contribution in [1.29, 1.82) is 0 Å². The molecule has 0 N–H and O–H groups in total. The van der Waals surface area contributed by atoms with Crippen LogP contribution in [0.15, 0.2) is 67.0 Å². The minimum absolute atomic E-state index is 0.0685. The lowest BCUT2D eigenvalue weighted by molar-refractivity contribution is 0.0469. The summed E-state index contributed by atoms with van der Waals surface area (Å²) in [6.07, 6.45) is 3.17. The predicted molar refractivity (Wildman–Crippen MR) is 92.8 cm³/mol. The van der Waals surface area contributed by atoms with Crippen LogP contribution in [0.1, 0.15) is 15.9 Å². The Hall–Kier alpha value is -3.41. The zero-order valence-electron chi connectivity index (χ0n) is 14.0. The van der Waals surface area contributed by atoms with Crippen LogP contribution < -0.4 is 9.47 Å². The fourth-order valence-electron chi connectivity index (χ4n) is 2.29. The standard InChI is InChI=1S/C20H16FNO4/c1-24-19-9-8-14(11-17(19)21)13-25-20(23)16-6-2-3-7-18(16)26-15-5-4-10-22-12-15/h2-12H,13H2,1H3. The molecule has 0 radical (unpaired) electrons. The fraction of sp³-hybridized carbons (Fsp3) is 0.100. The molecule has 132 valence electrons. The van der Waals surface area contributed by atoms with Crippen molar-refractivity contribution < 1.29 is 23.4 Å². The van der Waals surface area contributed by atoms with E-state index in [2.05, 4.69) is 4.98 Å². The van der Waals surface area contributed by atoms with E-state index in [0.29, 0.717) is 17.1 Å². The first-order valence-electron chi connectivity index (χ1n) is 7.84. The van der Waals surface area contributed by atoms with Gasteiger partial charge in [-0.15, -0.1) is 0 Å². The molecule has 0 spiro atoms. The van der Waals surface area contributed by atoms with Crippen LogP contribution in [-0.2, 0) is 11.3 Å². The summed E-state index contributed by atoms with van der Waals surface area (Å²) in [6.45, 7) is -0.0685. The lowest BCUT2D eigenvalue weighted by atomic mass is 10.2. The van der Waals surface area contributed by atoms with E-state index in [1.54, 1.807) is 54.9 Å². The van der Waals surface area contributed by atoms with Crippen LogP contribution in [0.2, 0.25) is 0 Å². The number of nitrogens with zero attached hydrogens (tertiary/aromatic N) is 1. The number of carbonyl (C=O) groups excluding carboxylic acids is 1. The summed E-state index contributed by atoms with van der Waals surface area (Å²) in [5.41, 5.74) is 0.785. The Bertz CT molecular complexity index is 899. The smallest absolute Gasteiger partial charge is 0.342 e. The average molecular weight is 353 g/mol. The number of benzene rings is 2. The molecule has 0 fully saturated rings. The first kappa shape index (κ1) is 17.4. The summed E-state index contributed by atoms with van der Waals surface area (Å²) < 4.78 is 29.5.